The van der Waals surface area contributed by atoms with Crippen LogP contribution in [0.15, 0.2) is 42.7 Å². The Balaban J connectivity index is 1.55. The van der Waals surface area contributed by atoms with Gasteiger partial charge in [-0.3, -0.25) is 9.48 Å². The highest BCUT2D eigenvalue weighted by atomic mass is 16.5. The SMILES string of the molecule is Cc1cnn(C2(C(=O)O)CCN(C(=O)COCc3ccccc3)CC2)c1. The van der Waals surface area contributed by atoms with Crippen LogP contribution in [0.4, 0.5) is 0 Å². The van der Waals surface area contributed by atoms with E-state index in [1.54, 1.807) is 17.3 Å². The molecule has 3 rings (SSSR count). The van der Waals surface area contributed by atoms with Crippen molar-refractivity contribution in [3.63, 3.8) is 0 Å². The Morgan fingerprint density at radius 3 is 2.50 bits per heavy atom. The van der Waals surface area contributed by atoms with Gasteiger partial charge in [0.15, 0.2) is 5.54 Å². The van der Waals surface area contributed by atoms with Crippen LogP contribution in [0.1, 0.15) is 24.0 Å². The molecule has 1 aromatic heterocycles. The summed E-state index contributed by atoms with van der Waals surface area (Å²) in [5.74, 6) is -1.02. The molecule has 1 saturated heterocycles. The average molecular weight is 357 g/mol. The van der Waals surface area contributed by atoms with Gasteiger partial charge in [0.05, 0.1) is 12.8 Å². The van der Waals surface area contributed by atoms with Gasteiger partial charge in [0.1, 0.15) is 6.61 Å². The summed E-state index contributed by atoms with van der Waals surface area (Å²) in [7, 11) is 0. The number of rotatable bonds is 6. The average Bonchev–Trinajstić information content (AvgIpc) is 3.09. The molecule has 0 unspecified atom stereocenters. The van der Waals surface area contributed by atoms with Crippen LogP contribution in [0.5, 0.6) is 0 Å². The van der Waals surface area contributed by atoms with Crippen LogP contribution in [-0.4, -0.2) is 51.4 Å². The normalized spacial score (nSPS) is 16.4. The van der Waals surface area contributed by atoms with Gasteiger partial charge < -0.3 is 14.7 Å². The van der Waals surface area contributed by atoms with Crippen molar-refractivity contribution in [2.75, 3.05) is 19.7 Å². The molecular weight excluding hydrogens is 334 g/mol. The molecule has 1 aromatic carbocycles. The van der Waals surface area contributed by atoms with E-state index in [1.807, 2.05) is 37.3 Å². The summed E-state index contributed by atoms with van der Waals surface area (Å²) < 4.78 is 7.02. The van der Waals surface area contributed by atoms with E-state index in [0.717, 1.165) is 11.1 Å². The minimum atomic E-state index is -1.09. The number of nitrogens with zero attached hydrogens (tertiary/aromatic N) is 3. The zero-order valence-corrected chi connectivity index (χ0v) is 14.8. The fraction of sp³-hybridized carbons (Fsp3) is 0.421. The lowest BCUT2D eigenvalue weighted by Crippen LogP contribution is -2.53. The number of piperidine rings is 1. The topological polar surface area (TPSA) is 84.7 Å². The third-order valence-corrected chi connectivity index (χ3v) is 4.83. The molecule has 7 heteroatoms. The van der Waals surface area contributed by atoms with Crippen molar-refractivity contribution in [3.8, 4) is 0 Å². The first-order valence-electron chi connectivity index (χ1n) is 8.66. The first kappa shape index (κ1) is 18.1. The van der Waals surface area contributed by atoms with Crippen molar-refractivity contribution in [2.45, 2.75) is 31.9 Å². The highest BCUT2D eigenvalue weighted by Crippen LogP contribution is 2.30. The van der Waals surface area contributed by atoms with E-state index in [1.165, 1.54) is 4.68 Å². The van der Waals surface area contributed by atoms with Crippen molar-refractivity contribution in [1.29, 1.82) is 0 Å². The van der Waals surface area contributed by atoms with Gasteiger partial charge in [-0.15, -0.1) is 0 Å². The lowest BCUT2D eigenvalue weighted by molar-refractivity contribution is -0.154. The molecule has 1 aliphatic rings. The number of carboxylic acid groups (broad SMARTS) is 1. The molecule has 26 heavy (non-hydrogen) atoms. The minimum Gasteiger partial charge on any atom is -0.479 e. The maximum Gasteiger partial charge on any atom is 0.331 e. The molecule has 1 amide bonds. The minimum absolute atomic E-state index is 0.00412. The molecule has 1 aliphatic heterocycles. The predicted octanol–water partition coefficient (Wildman–Crippen LogP) is 1.81. The van der Waals surface area contributed by atoms with Crippen molar-refractivity contribution >= 4 is 11.9 Å². The first-order chi connectivity index (χ1) is 12.5. The van der Waals surface area contributed by atoms with Gasteiger partial charge in [0.2, 0.25) is 5.91 Å². The van der Waals surface area contributed by atoms with Crippen molar-refractivity contribution in [3.05, 3.63) is 53.9 Å². The summed E-state index contributed by atoms with van der Waals surface area (Å²) >= 11 is 0. The number of carbonyl (C=O) groups is 2. The number of likely N-dealkylation sites (tertiary alicyclic amines) is 1. The number of hydrogen-bond acceptors (Lipinski definition) is 4. The van der Waals surface area contributed by atoms with E-state index >= 15 is 0 Å². The molecular formula is C19H23N3O4. The quantitative estimate of drug-likeness (QED) is 0.852. The lowest BCUT2D eigenvalue weighted by atomic mass is 9.87. The third-order valence-electron chi connectivity index (χ3n) is 4.83. The Labute approximate surface area is 152 Å². The zero-order valence-electron chi connectivity index (χ0n) is 14.8. The maximum absolute atomic E-state index is 12.3. The number of benzene rings is 1. The highest BCUT2D eigenvalue weighted by Gasteiger charge is 2.44. The van der Waals surface area contributed by atoms with Crippen LogP contribution in [0, 0.1) is 6.92 Å². The molecule has 0 atom stereocenters. The maximum atomic E-state index is 12.3. The Morgan fingerprint density at radius 1 is 1.23 bits per heavy atom. The Bertz CT molecular complexity index is 764. The molecule has 0 bridgehead atoms. The number of amides is 1. The number of aryl methyl sites for hydroxylation is 1. The second kappa shape index (κ2) is 7.70. The van der Waals surface area contributed by atoms with Gasteiger partial charge in [-0.05, 0) is 18.1 Å². The standard InChI is InChI=1S/C19H23N3O4/c1-15-11-20-22(12-15)19(18(24)25)7-9-21(10-8-19)17(23)14-26-13-16-5-3-2-4-6-16/h2-6,11-12H,7-10,13-14H2,1H3,(H,24,25). The van der Waals surface area contributed by atoms with Crippen LogP contribution in [0.25, 0.3) is 0 Å². The Hall–Kier alpha value is -2.67. The number of carbonyl (C=O) groups excluding carboxylic acids is 1. The van der Waals surface area contributed by atoms with E-state index in [4.69, 9.17) is 4.74 Å². The van der Waals surface area contributed by atoms with Crippen LogP contribution in [0.2, 0.25) is 0 Å². The van der Waals surface area contributed by atoms with Crippen molar-refractivity contribution in [1.82, 2.24) is 14.7 Å². The first-order valence-corrected chi connectivity index (χ1v) is 8.66. The number of hydrogen-bond donors (Lipinski definition) is 1. The largest absolute Gasteiger partial charge is 0.479 e. The second-order valence-corrected chi connectivity index (χ2v) is 6.66. The summed E-state index contributed by atoms with van der Waals surface area (Å²) in [6.07, 6.45) is 4.05. The van der Waals surface area contributed by atoms with Gasteiger partial charge in [-0.2, -0.15) is 5.10 Å². The van der Waals surface area contributed by atoms with E-state index in [0.29, 0.717) is 32.5 Å². The van der Waals surface area contributed by atoms with E-state index in [2.05, 4.69) is 5.10 Å². The second-order valence-electron chi connectivity index (χ2n) is 6.66. The van der Waals surface area contributed by atoms with Gasteiger partial charge in [-0.1, -0.05) is 30.3 Å². The number of ether oxygens (including phenoxy) is 1. The molecule has 1 N–H and O–H groups in total. The molecule has 2 aromatic rings. The summed E-state index contributed by atoms with van der Waals surface area (Å²) in [4.78, 5) is 25.9. The number of carboxylic acids is 1. The summed E-state index contributed by atoms with van der Waals surface area (Å²) in [5, 5.41) is 13.9. The van der Waals surface area contributed by atoms with E-state index in [-0.39, 0.29) is 12.5 Å². The summed E-state index contributed by atoms with van der Waals surface area (Å²) in [5.41, 5.74) is 0.840. The lowest BCUT2D eigenvalue weighted by Gasteiger charge is -2.38. The number of aliphatic carboxylic acids is 1. The molecule has 0 saturated carbocycles. The molecule has 0 spiro atoms. The van der Waals surface area contributed by atoms with Crippen molar-refractivity contribution < 1.29 is 19.4 Å². The van der Waals surface area contributed by atoms with E-state index < -0.39 is 11.5 Å². The van der Waals surface area contributed by atoms with Crippen LogP contribution < -0.4 is 0 Å². The highest BCUT2D eigenvalue weighted by molar-refractivity contribution is 5.80. The van der Waals surface area contributed by atoms with Gasteiger partial charge in [-0.25, -0.2) is 4.79 Å². The summed E-state index contributed by atoms with van der Waals surface area (Å²) in [6, 6.07) is 9.66. The molecule has 0 aliphatic carbocycles. The van der Waals surface area contributed by atoms with Crippen molar-refractivity contribution in [2.24, 2.45) is 0 Å². The molecule has 1 fully saturated rings. The van der Waals surface area contributed by atoms with Crippen LogP contribution in [0.3, 0.4) is 0 Å². The number of aromatic nitrogens is 2. The summed E-state index contributed by atoms with van der Waals surface area (Å²) in [6.45, 7) is 3.00. The van der Waals surface area contributed by atoms with Gasteiger partial charge >= 0.3 is 5.97 Å². The Kier molecular flexibility index (Phi) is 5.37. The van der Waals surface area contributed by atoms with E-state index in [9.17, 15) is 14.7 Å². The predicted molar refractivity (Wildman–Crippen MR) is 94.5 cm³/mol. The molecule has 2 heterocycles. The third kappa shape index (κ3) is 3.77. The van der Waals surface area contributed by atoms with Crippen LogP contribution >= 0.6 is 0 Å². The molecule has 138 valence electrons. The zero-order chi connectivity index (χ0) is 18.6. The van der Waals surface area contributed by atoms with Gasteiger partial charge in [0, 0.05) is 32.1 Å². The fourth-order valence-corrected chi connectivity index (χ4v) is 3.24. The Morgan fingerprint density at radius 2 is 1.92 bits per heavy atom. The molecule has 0 radical (unpaired) electrons. The molecule has 7 nitrogen and oxygen atoms in total. The van der Waals surface area contributed by atoms with Crippen LogP contribution in [-0.2, 0) is 26.5 Å². The smallest absolute Gasteiger partial charge is 0.331 e. The van der Waals surface area contributed by atoms with Gasteiger partial charge in [0.25, 0.3) is 0 Å². The fourth-order valence-electron chi connectivity index (χ4n) is 3.24. The monoisotopic (exact) mass is 357 g/mol.